The van der Waals surface area contributed by atoms with E-state index in [1.165, 1.54) is 13.2 Å². The fraction of sp³-hybridized carbons (Fsp3) is 0.467. The lowest BCUT2D eigenvalue weighted by molar-refractivity contribution is 0.0999. The largest absolute Gasteiger partial charge is 0.496 e. The normalized spacial score (nSPS) is 12.5. The lowest BCUT2D eigenvalue weighted by Crippen LogP contribution is -2.24. The van der Waals surface area contributed by atoms with Crippen LogP contribution in [0.3, 0.4) is 0 Å². The van der Waals surface area contributed by atoms with Gasteiger partial charge in [0.2, 0.25) is 0 Å². The third kappa shape index (κ3) is 4.69. The number of amides is 1. The number of nitrogens with zero attached hydrogens (tertiary/aromatic N) is 1. The van der Waals surface area contributed by atoms with E-state index in [0.717, 1.165) is 19.1 Å². The van der Waals surface area contributed by atoms with Crippen LogP contribution < -0.4 is 16.2 Å². The number of sulfone groups is 1. The van der Waals surface area contributed by atoms with E-state index in [-0.39, 0.29) is 22.1 Å². The van der Waals surface area contributed by atoms with Crippen molar-refractivity contribution in [3.63, 3.8) is 0 Å². The zero-order valence-corrected chi connectivity index (χ0v) is 14.6. The molecule has 0 bridgehead atoms. The summed E-state index contributed by atoms with van der Waals surface area (Å²) >= 11 is 0. The molecule has 0 spiro atoms. The molecule has 0 aliphatic rings. The summed E-state index contributed by atoms with van der Waals surface area (Å²) in [5.41, 5.74) is 11.0. The quantitative estimate of drug-likeness (QED) is 0.595. The number of hydrogen-bond acceptors (Lipinski definition) is 4. The number of carbonyl (C=O) groups excluding carboxylic acids is 1. The van der Waals surface area contributed by atoms with Crippen molar-refractivity contribution in [3.8, 4) is 5.75 Å². The highest BCUT2D eigenvalue weighted by molar-refractivity contribution is 7.90. The van der Waals surface area contributed by atoms with Gasteiger partial charge in [-0.1, -0.05) is 20.3 Å². The molecule has 4 N–H and O–H groups in total. The molecule has 1 aromatic rings. The molecule has 1 unspecified atom stereocenters. The Balaban J connectivity index is 3.64. The first-order valence-electron chi connectivity index (χ1n) is 7.17. The van der Waals surface area contributed by atoms with Gasteiger partial charge in [-0.3, -0.25) is 4.79 Å². The van der Waals surface area contributed by atoms with E-state index < -0.39 is 21.7 Å². The zero-order valence-electron chi connectivity index (χ0n) is 13.8. The van der Waals surface area contributed by atoms with Crippen molar-refractivity contribution in [3.05, 3.63) is 23.3 Å². The molecule has 0 aromatic heterocycles. The van der Waals surface area contributed by atoms with Crippen LogP contribution in [-0.4, -0.2) is 33.7 Å². The predicted molar refractivity (Wildman–Crippen MR) is 89.6 cm³/mol. The minimum atomic E-state index is -3.53. The van der Waals surface area contributed by atoms with Gasteiger partial charge in [-0.05, 0) is 30.0 Å². The van der Waals surface area contributed by atoms with Gasteiger partial charge in [-0.2, -0.15) is 4.99 Å². The van der Waals surface area contributed by atoms with E-state index in [9.17, 15) is 13.2 Å². The molecule has 0 aliphatic carbocycles. The number of aliphatic imine (C=N–C) groups is 1. The first kappa shape index (κ1) is 19.0. The predicted octanol–water partition coefficient (Wildman–Crippen LogP) is 1.42. The molecule has 0 aliphatic heterocycles. The second kappa shape index (κ2) is 7.45. The number of guanidine groups is 1. The minimum absolute atomic E-state index is 0.00542. The van der Waals surface area contributed by atoms with Crippen molar-refractivity contribution in [1.29, 1.82) is 0 Å². The van der Waals surface area contributed by atoms with Gasteiger partial charge >= 0.3 is 0 Å². The van der Waals surface area contributed by atoms with Crippen molar-refractivity contribution in [1.82, 2.24) is 0 Å². The highest BCUT2D eigenvalue weighted by Gasteiger charge is 2.23. The molecule has 0 radical (unpaired) electrons. The van der Waals surface area contributed by atoms with E-state index in [1.807, 2.05) is 13.8 Å². The average Bonchev–Trinajstić information content (AvgIpc) is 2.44. The van der Waals surface area contributed by atoms with E-state index in [2.05, 4.69) is 4.99 Å². The number of ether oxygens (including phenoxy) is 1. The summed E-state index contributed by atoms with van der Waals surface area (Å²) in [6.07, 6.45) is 2.82. The molecule has 0 fully saturated rings. The Morgan fingerprint density at radius 1 is 1.35 bits per heavy atom. The van der Waals surface area contributed by atoms with Crippen molar-refractivity contribution < 1.29 is 17.9 Å². The molecule has 23 heavy (non-hydrogen) atoms. The molecule has 1 atom stereocenters. The Morgan fingerprint density at radius 3 is 2.39 bits per heavy atom. The maximum absolute atomic E-state index is 12.1. The van der Waals surface area contributed by atoms with E-state index >= 15 is 0 Å². The summed E-state index contributed by atoms with van der Waals surface area (Å²) < 4.78 is 29.5. The average molecular weight is 341 g/mol. The summed E-state index contributed by atoms with van der Waals surface area (Å²) in [5, 5.41) is 0. The lowest BCUT2D eigenvalue weighted by atomic mass is 9.95. The Bertz CT molecular complexity index is 722. The van der Waals surface area contributed by atoms with Gasteiger partial charge in [-0.15, -0.1) is 0 Å². The number of nitrogens with two attached hydrogens (primary N) is 2. The Labute approximate surface area is 136 Å². The van der Waals surface area contributed by atoms with Crippen LogP contribution in [-0.2, 0) is 9.84 Å². The molecular weight excluding hydrogens is 318 g/mol. The molecular formula is C15H23N3O4S. The van der Waals surface area contributed by atoms with Crippen molar-refractivity contribution >= 4 is 21.7 Å². The number of methoxy groups -OCH3 is 1. The van der Waals surface area contributed by atoms with Crippen molar-refractivity contribution in [2.75, 3.05) is 13.4 Å². The Kier molecular flexibility index (Phi) is 6.14. The van der Waals surface area contributed by atoms with Crippen LogP contribution in [0.25, 0.3) is 0 Å². The molecule has 0 saturated carbocycles. The maximum atomic E-state index is 12.1. The molecule has 0 saturated heterocycles. The smallest absolute Gasteiger partial charge is 0.283 e. The second-order valence-corrected chi connectivity index (χ2v) is 7.38. The minimum Gasteiger partial charge on any atom is -0.496 e. The second-order valence-electron chi connectivity index (χ2n) is 5.39. The maximum Gasteiger partial charge on any atom is 0.283 e. The zero-order chi connectivity index (χ0) is 17.8. The summed E-state index contributed by atoms with van der Waals surface area (Å²) in [6, 6.07) is 2.86. The molecule has 0 heterocycles. The molecule has 128 valence electrons. The van der Waals surface area contributed by atoms with Crippen LogP contribution in [0, 0.1) is 0 Å². The lowest BCUT2D eigenvalue weighted by Gasteiger charge is -2.18. The number of benzene rings is 1. The summed E-state index contributed by atoms with van der Waals surface area (Å²) in [4.78, 5) is 15.6. The van der Waals surface area contributed by atoms with E-state index in [1.54, 1.807) is 6.07 Å². The van der Waals surface area contributed by atoms with Crippen LogP contribution in [0.5, 0.6) is 5.75 Å². The van der Waals surface area contributed by atoms with Crippen LogP contribution >= 0.6 is 0 Å². The number of hydrogen-bond donors (Lipinski definition) is 2. The summed E-state index contributed by atoms with van der Waals surface area (Å²) in [6.45, 7) is 3.95. The number of rotatable bonds is 6. The summed E-state index contributed by atoms with van der Waals surface area (Å²) in [5.74, 6) is -0.904. The van der Waals surface area contributed by atoms with Crippen LogP contribution in [0.4, 0.5) is 0 Å². The highest BCUT2D eigenvalue weighted by atomic mass is 32.2. The van der Waals surface area contributed by atoms with Gasteiger partial charge in [0.15, 0.2) is 15.8 Å². The van der Waals surface area contributed by atoms with Crippen molar-refractivity contribution in [2.24, 2.45) is 16.5 Å². The fourth-order valence-corrected chi connectivity index (χ4v) is 3.40. The topological polar surface area (TPSA) is 125 Å². The van der Waals surface area contributed by atoms with E-state index in [0.29, 0.717) is 5.56 Å². The van der Waals surface area contributed by atoms with Gasteiger partial charge < -0.3 is 16.2 Å². The SMILES string of the molecule is CCCC(C)c1cc(OC)c(C(=O)N=C(N)N)cc1S(C)(=O)=O. The van der Waals surface area contributed by atoms with Crippen LogP contribution in [0.2, 0.25) is 0 Å². The van der Waals surface area contributed by atoms with Gasteiger partial charge in [0.1, 0.15) is 5.75 Å². The van der Waals surface area contributed by atoms with E-state index in [4.69, 9.17) is 16.2 Å². The number of carbonyl (C=O) groups is 1. The first-order chi connectivity index (χ1) is 10.6. The molecule has 1 aromatic carbocycles. The monoisotopic (exact) mass is 341 g/mol. The van der Waals surface area contributed by atoms with Gasteiger partial charge in [0.25, 0.3) is 5.91 Å². The third-order valence-electron chi connectivity index (χ3n) is 3.45. The standard InChI is InChI=1S/C15H23N3O4S/c1-5-6-9(2)10-7-12(22-3)11(14(19)18-15(16)17)8-13(10)23(4,20)21/h7-9H,5-6H2,1-4H3,(H4,16,17,18,19). The third-order valence-corrected chi connectivity index (χ3v) is 4.60. The highest BCUT2D eigenvalue weighted by Crippen LogP contribution is 2.33. The molecule has 7 nitrogen and oxygen atoms in total. The molecule has 8 heteroatoms. The molecule has 1 rings (SSSR count). The Hall–Kier alpha value is -2.09. The fourth-order valence-electron chi connectivity index (χ4n) is 2.38. The Morgan fingerprint density at radius 2 is 1.96 bits per heavy atom. The summed E-state index contributed by atoms with van der Waals surface area (Å²) in [7, 11) is -2.13. The van der Waals surface area contributed by atoms with Gasteiger partial charge in [0, 0.05) is 6.26 Å². The van der Waals surface area contributed by atoms with Gasteiger partial charge in [0.05, 0.1) is 17.6 Å². The van der Waals surface area contributed by atoms with Crippen molar-refractivity contribution in [2.45, 2.75) is 37.5 Å². The van der Waals surface area contributed by atoms with Gasteiger partial charge in [-0.25, -0.2) is 8.42 Å². The van der Waals surface area contributed by atoms with Crippen LogP contribution in [0.1, 0.15) is 48.5 Å². The van der Waals surface area contributed by atoms with Crippen LogP contribution in [0.15, 0.2) is 22.0 Å². The first-order valence-corrected chi connectivity index (χ1v) is 9.06. The molecule has 1 amide bonds.